The molecule has 2 heteroatoms. The second-order valence-corrected chi connectivity index (χ2v) is 6.47. The number of benzene rings is 2. The zero-order chi connectivity index (χ0) is 15.7. The van der Waals surface area contributed by atoms with E-state index in [1.165, 1.54) is 5.56 Å². The molecule has 0 amide bonds. The van der Waals surface area contributed by atoms with Gasteiger partial charge in [0.2, 0.25) is 0 Å². The Labute approximate surface area is 132 Å². The lowest BCUT2D eigenvalue weighted by atomic mass is 9.84. The highest BCUT2D eigenvalue weighted by molar-refractivity contribution is 6.08. The summed E-state index contributed by atoms with van der Waals surface area (Å²) in [7, 11) is 2.07. The third-order valence-electron chi connectivity index (χ3n) is 4.51. The number of ketones is 1. The van der Waals surface area contributed by atoms with E-state index in [2.05, 4.69) is 44.0 Å². The standard InChI is InChI=1S/C20H21NO/c1-20(2)14-16-11-7-8-12-17(16)18(21(20)3)13-19(22)15-9-5-4-6-10-15/h4-13H,14H2,1-3H3. The summed E-state index contributed by atoms with van der Waals surface area (Å²) in [4.78, 5) is 14.8. The largest absolute Gasteiger partial charge is 0.369 e. The maximum Gasteiger partial charge on any atom is 0.187 e. The van der Waals surface area contributed by atoms with E-state index in [9.17, 15) is 4.79 Å². The average molecular weight is 291 g/mol. The summed E-state index contributed by atoms with van der Waals surface area (Å²) in [6.45, 7) is 4.42. The van der Waals surface area contributed by atoms with Crippen LogP contribution in [0.4, 0.5) is 0 Å². The smallest absolute Gasteiger partial charge is 0.187 e. The van der Waals surface area contributed by atoms with E-state index in [-0.39, 0.29) is 11.3 Å². The zero-order valence-electron chi connectivity index (χ0n) is 13.3. The third-order valence-corrected chi connectivity index (χ3v) is 4.51. The molecule has 1 aliphatic rings. The molecule has 0 atom stereocenters. The van der Waals surface area contributed by atoms with Crippen LogP contribution in [0.25, 0.3) is 5.70 Å². The molecule has 0 unspecified atom stereocenters. The van der Waals surface area contributed by atoms with Crippen LogP contribution in [0.1, 0.15) is 35.3 Å². The van der Waals surface area contributed by atoms with Gasteiger partial charge in [0.1, 0.15) is 0 Å². The summed E-state index contributed by atoms with van der Waals surface area (Å²) in [5, 5.41) is 0. The molecule has 0 saturated heterocycles. The van der Waals surface area contributed by atoms with Gasteiger partial charge in [-0.05, 0) is 25.8 Å². The monoisotopic (exact) mass is 291 g/mol. The minimum absolute atomic E-state index is 0.00282. The van der Waals surface area contributed by atoms with Crippen LogP contribution in [0, 0.1) is 0 Å². The number of allylic oxidation sites excluding steroid dienone is 1. The van der Waals surface area contributed by atoms with Crippen molar-refractivity contribution < 1.29 is 4.79 Å². The molecule has 0 aromatic heterocycles. The highest BCUT2D eigenvalue weighted by atomic mass is 16.1. The van der Waals surface area contributed by atoms with Gasteiger partial charge < -0.3 is 4.90 Å². The molecule has 0 fully saturated rings. The van der Waals surface area contributed by atoms with Crippen molar-refractivity contribution in [3.05, 3.63) is 77.4 Å². The van der Waals surface area contributed by atoms with Crippen molar-refractivity contribution in [2.24, 2.45) is 0 Å². The Hall–Kier alpha value is -2.35. The van der Waals surface area contributed by atoms with E-state index in [0.29, 0.717) is 0 Å². The number of carbonyl (C=O) groups excluding carboxylic acids is 1. The summed E-state index contributed by atoms with van der Waals surface area (Å²) in [5.41, 5.74) is 4.19. The Morgan fingerprint density at radius 3 is 2.41 bits per heavy atom. The number of rotatable bonds is 2. The predicted molar refractivity (Wildman–Crippen MR) is 90.7 cm³/mol. The van der Waals surface area contributed by atoms with E-state index in [1.54, 1.807) is 6.08 Å². The van der Waals surface area contributed by atoms with Crippen molar-refractivity contribution in [1.29, 1.82) is 0 Å². The van der Waals surface area contributed by atoms with Gasteiger partial charge in [-0.15, -0.1) is 0 Å². The van der Waals surface area contributed by atoms with Crippen LogP contribution in [-0.4, -0.2) is 23.3 Å². The zero-order valence-corrected chi connectivity index (χ0v) is 13.3. The van der Waals surface area contributed by atoms with Crippen LogP contribution >= 0.6 is 0 Å². The second kappa shape index (κ2) is 5.45. The van der Waals surface area contributed by atoms with Crippen LogP contribution in [0.5, 0.6) is 0 Å². The first-order valence-corrected chi connectivity index (χ1v) is 7.62. The summed E-state index contributed by atoms with van der Waals surface area (Å²) >= 11 is 0. The van der Waals surface area contributed by atoms with E-state index in [4.69, 9.17) is 0 Å². The lowest BCUT2D eigenvalue weighted by Gasteiger charge is -2.44. The van der Waals surface area contributed by atoms with Gasteiger partial charge in [0.05, 0.1) is 0 Å². The van der Waals surface area contributed by atoms with E-state index in [0.717, 1.165) is 23.2 Å². The quantitative estimate of drug-likeness (QED) is 0.611. The molecular formula is C20H21NO. The van der Waals surface area contributed by atoms with Crippen LogP contribution < -0.4 is 0 Å². The van der Waals surface area contributed by atoms with Gasteiger partial charge in [-0.25, -0.2) is 0 Å². The number of fused-ring (bicyclic) bond motifs is 1. The SMILES string of the molecule is CN1C(=CC(=O)c2ccccc2)c2ccccc2CC1(C)C. The maximum atomic E-state index is 12.6. The van der Waals surface area contributed by atoms with Crippen molar-refractivity contribution in [3.8, 4) is 0 Å². The van der Waals surface area contributed by atoms with Gasteiger partial charge in [0.15, 0.2) is 5.78 Å². The van der Waals surface area contributed by atoms with Crippen LogP contribution in [0.2, 0.25) is 0 Å². The Bertz CT molecular complexity index is 728. The number of nitrogens with zero attached hydrogens (tertiary/aromatic N) is 1. The van der Waals surface area contributed by atoms with Crippen molar-refractivity contribution >= 4 is 11.5 Å². The maximum absolute atomic E-state index is 12.6. The first-order chi connectivity index (χ1) is 10.5. The summed E-state index contributed by atoms with van der Waals surface area (Å²) in [6, 6.07) is 17.8. The first kappa shape index (κ1) is 14.6. The molecule has 112 valence electrons. The normalized spacial score (nSPS) is 18.1. The van der Waals surface area contributed by atoms with E-state index < -0.39 is 0 Å². The highest BCUT2D eigenvalue weighted by Gasteiger charge is 2.33. The van der Waals surface area contributed by atoms with Crippen molar-refractivity contribution in [3.63, 3.8) is 0 Å². The molecule has 1 heterocycles. The Balaban J connectivity index is 2.08. The average Bonchev–Trinajstić information content (AvgIpc) is 2.52. The molecule has 3 rings (SSSR count). The summed E-state index contributed by atoms with van der Waals surface area (Å²) in [5.74, 6) is 0.0509. The predicted octanol–water partition coefficient (Wildman–Crippen LogP) is 4.18. The minimum atomic E-state index is -0.00282. The summed E-state index contributed by atoms with van der Waals surface area (Å²) in [6.07, 6.45) is 2.76. The van der Waals surface area contributed by atoms with Gasteiger partial charge >= 0.3 is 0 Å². The number of likely N-dealkylation sites (N-methyl/N-ethyl adjacent to an activating group) is 1. The van der Waals surface area contributed by atoms with Crippen molar-refractivity contribution in [2.75, 3.05) is 7.05 Å². The third kappa shape index (κ3) is 2.57. The van der Waals surface area contributed by atoms with Crippen molar-refractivity contribution in [1.82, 2.24) is 4.90 Å². The Morgan fingerprint density at radius 1 is 1.05 bits per heavy atom. The lowest BCUT2D eigenvalue weighted by molar-refractivity contribution is 0.104. The Kier molecular flexibility index (Phi) is 3.61. The fourth-order valence-electron chi connectivity index (χ4n) is 3.00. The van der Waals surface area contributed by atoms with Gasteiger partial charge in [-0.1, -0.05) is 54.6 Å². The number of hydrogen-bond donors (Lipinski definition) is 0. The van der Waals surface area contributed by atoms with E-state index >= 15 is 0 Å². The molecule has 2 aromatic rings. The molecule has 22 heavy (non-hydrogen) atoms. The highest BCUT2D eigenvalue weighted by Crippen LogP contribution is 2.36. The van der Waals surface area contributed by atoms with Gasteiger partial charge in [-0.3, -0.25) is 4.79 Å². The molecule has 1 aliphatic heterocycles. The van der Waals surface area contributed by atoms with Gasteiger partial charge in [0, 0.05) is 35.5 Å². The van der Waals surface area contributed by atoms with Crippen LogP contribution in [0.15, 0.2) is 60.7 Å². The molecular weight excluding hydrogens is 270 g/mol. The number of carbonyl (C=O) groups is 1. The topological polar surface area (TPSA) is 20.3 Å². The van der Waals surface area contributed by atoms with Gasteiger partial charge in [0.25, 0.3) is 0 Å². The lowest BCUT2D eigenvalue weighted by Crippen LogP contribution is -2.45. The molecule has 2 aromatic carbocycles. The molecule has 0 radical (unpaired) electrons. The van der Waals surface area contributed by atoms with Crippen LogP contribution in [-0.2, 0) is 6.42 Å². The van der Waals surface area contributed by atoms with Crippen molar-refractivity contribution in [2.45, 2.75) is 25.8 Å². The Morgan fingerprint density at radius 2 is 1.68 bits per heavy atom. The second-order valence-electron chi connectivity index (χ2n) is 6.47. The first-order valence-electron chi connectivity index (χ1n) is 7.62. The van der Waals surface area contributed by atoms with E-state index in [1.807, 2.05) is 36.4 Å². The molecule has 0 bridgehead atoms. The minimum Gasteiger partial charge on any atom is -0.369 e. The molecule has 0 aliphatic carbocycles. The molecule has 0 spiro atoms. The number of hydrogen-bond acceptors (Lipinski definition) is 2. The van der Waals surface area contributed by atoms with Crippen LogP contribution in [0.3, 0.4) is 0 Å². The molecule has 0 N–H and O–H groups in total. The summed E-state index contributed by atoms with van der Waals surface area (Å²) < 4.78 is 0. The molecule has 0 saturated carbocycles. The van der Waals surface area contributed by atoms with Gasteiger partial charge in [-0.2, -0.15) is 0 Å². The molecule has 2 nitrogen and oxygen atoms in total. The fraction of sp³-hybridized carbons (Fsp3) is 0.250. The fourth-order valence-corrected chi connectivity index (χ4v) is 3.00.